The Balaban J connectivity index is 1.37. The predicted octanol–water partition coefficient (Wildman–Crippen LogP) is 4.28. The van der Waals surface area contributed by atoms with Crippen LogP contribution in [0.4, 0.5) is 0 Å². The third-order valence-corrected chi connectivity index (χ3v) is 8.47. The fourth-order valence-corrected chi connectivity index (χ4v) is 7.47. The number of aromatic nitrogens is 2. The van der Waals surface area contributed by atoms with Gasteiger partial charge in [-0.15, -0.1) is 11.3 Å². The molecule has 4 nitrogen and oxygen atoms in total. The second-order valence-electron chi connectivity index (χ2n) is 9.01. The zero-order valence-corrected chi connectivity index (χ0v) is 16.2. The van der Waals surface area contributed by atoms with Crippen molar-refractivity contribution >= 4 is 27.5 Å². The van der Waals surface area contributed by atoms with Crippen molar-refractivity contribution in [3.05, 3.63) is 16.6 Å². The summed E-state index contributed by atoms with van der Waals surface area (Å²) in [7, 11) is 1.95. The van der Waals surface area contributed by atoms with Crippen molar-refractivity contribution in [2.45, 2.75) is 58.4 Å². The second kappa shape index (κ2) is 5.32. The number of fused-ring (bicyclic) bond motifs is 1. The topological polar surface area (TPSA) is 46.9 Å². The number of rotatable bonds is 3. The highest BCUT2D eigenvalue weighted by Crippen LogP contribution is 2.61. The highest BCUT2D eigenvalue weighted by molar-refractivity contribution is 7.20. The monoisotopic (exact) mass is 357 g/mol. The number of nitrogens with zero attached hydrogens (tertiary/aromatic N) is 2. The number of carbonyl (C=O) groups excluding carboxylic acids is 1. The SMILES string of the molecule is Cc1nn(C)c2sc(C(=O)NC(C)C34CC5CC(CC(C5)C3)C4)cc12. The maximum atomic E-state index is 12.9. The van der Waals surface area contributed by atoms with E-state index in [4.69, 9.17) is 0 Å². The van der Waals surface area contributed by atoms with Crippen LogP contribution in [0, 0.1) is 30.1 Å². The lowest BCUT2D eigenvalue weighted by molar-refractivity contribution is -0.0687. The Labute approximate surface area is 153 Å². The largest absolute Gasteiger partial charge is 0.348 e. The lowest BCUT2D eigenvalue weighted by Crippen LogP contribution is -2.55. The summed E-state index contributed by atoms with van der Waals surface area (Å²) in [6, 6.07) is 2.29. The van der Waals surface area contributed by atoms with Crippen LogP contribution in [0.2, 0.25) is 0 Å². The Hall–Kier alpha value is -1.36. The Morgan fingerprint density at radius 1 is 1.28 bits per heavy atom. The van der Waals surface area contributed by atoms with E-state index in [1.54, 1.807) is 11.3 Å². The molecule has 1 atom stereocenters. The molecule has 4 bridgehead atoms. The van der Waals surface area contributed by atoms with Crippen molar-refractivity contribution < 1.29 is 4.79 Å². The molecule has 2 aromatic heterocycles. The molecule has 1 amide bonds. The third kappa shape index (κ3) is 2.38. The van der Waals surface area contributed by atoms with Crippen molar-refractivity contribution in [3.8, 4) is 0 Å². The average molecular weight is 358 g/mol. The zero-order chi connectivity index (χ0) is 17.3. The molecule has 4 fully saturated rings. The molecule has 4 saturated carbocycles. The summed E-state index contributed by atoms with van der Waals surface area (Å²) < 4.78 is 1.88. The molecular weight excluding hydrogens is 330 g/mol. The van der Waals surface area contributed by atoms with Crippen LogP contribution in [0.3, 0.4) is 0 Å². The van der Waals surface area contributed by atoms with Gasteiger partial charge >= 0.3 is 0 Å². The second-order valence-corrected chi connectivity index (χ2v) is 10.0. The minimum atomic E-state index is 0.101. The Kier molecular flexibility index (Phi) is 3.38. The summed E-state index contributed by atoms with van der Waals surface area (Å²) in [6.07, 6.45) is 8.33. The first kappa shape index (κ1) is 15.9. The minimum Gasteiger partial charge on any atom is -0.348 e. The van der Waals surface area contributed by atoms with Gasteiger partial charge in [-0.25, -0.2) is 0 Å². The molecule has 5 heteroatoms. The van der Waals surface area contributed by atoms with Gasteiger partial charge in [-0.3, -0.25) is 9.48 Å². The van der Waals surface area contributed by atoms with Crippen molar-refractivity contribution in [2.24, 2.45) is 30.2 Å². The molecule has 4 aliphatic rings. The number of nitrogens with one attached hydrogen (secondary N) is 1. The maximum absolute atomic E-state index is 12.9. The van der Waals surface area contributed by atoms with Gasteiger partial charge in [-0.2, -0.15) is 5.10 Å². The van der Waals surface area contributed by atoms with Crippen molar-refractivity contribution in [1.82, 2.24) is 15.1 Å². The summed E-state index contributed by atoms with van der Waals surface area (Å²) in [5, 5.41) is 8.93. The van der Waals surface area contributed by atoms with E-state index < -0.39 is 0 Å². The summed E-state index contributed by atoms with van der Waals surface area (Å²) in [5.41, 5.74) is 1.36. The van der Waals surface area contributed by atoms with E-state index in [-0.39, 0.29) is 11.9 Å². The number of carbonyl (C=O) groups is 1. The van der Waals surface area contributed by atoms with Gasteiger partial charge in [-0.05, 0) is 81.6 Å². The van der Waals surface area contributed by atoms with Crippen LogP contribution in [0.15, 0.2) is 6.07 Å². The molecule has 25 heavy (non-hydrogen) atoms. The Morgan fingerprint density at radius 2 is 1.88 bits per heavy atom. The van der Waals surface area contributed by atoms with Gasteiger partial charge < -0.3 is 5.32 Å². The van der Waals surface area contributed by atoms with Crippen LogP contribution < -0.4 is 5.32 Å². The van der Waals surface area contributed by atoms with Gasteiger partial charge in [0, 0.05) is 18.5 Å². The molecule has 0 aliphatic heterocycles. The van der Waals surface area contributed by atoms with Crippen molar-refractivity contribution in [2.75, 3.05) is 0 Å². The van der Waals surface area contributed by atoms with Gasteiger partial charge in [-0.1, -0.05) is 0 Å². The molecule has 0 saturated heterocycles. The van der Waals surface area contributed by atoms with E-state index >= 15 is 0 Å². The highest BCUT2D eigenvalue weighted by atomic mass is 32.1. The first-order valence-corrected chi connectivity index (χ1v) is 10.5. The van der Waals surface area contributed by atoms with Gasteiger partial charge in [0.25, 0.3) is 5.91 Å². The summed E-state index contributed by atoms with van der Waals surface area (Å²) in [6.45, 7) is 4.26. The first-order chi connectivity index (χ1) is 11.9. The van der Waals surface area contributed by atoms with E-state index in [0.717, 1.165) is 38.5 Å². The molecule has 4 aliphatic carbocycles. The van der Waals surface area contributed by atoms with E-state index in [1.165, 1.54) is 38.5 Å². The molecule has 0 spiro atoms. The molecule has 0 radical (unpaired) electrons. The lowest BCUT2D eigenvalue weighted by Gasteiger charge is -2.59. The summed E-state index contributed by atoms with van der Waals surface area (Å²) in [4.78, 5) is 14.8. The highest BCUT2D eigenvalue weighted by Gasteiger charge is 2.53. The van der Waals surface area contributed by atoms with E-state index in [0.29, 0.717) is 5.41 Å². The molecule has 0 aromatic carbocycles. The van der Waals surface area contributed by atoms with E-state index in [9.17, 15) is 4.79 Å². The van der Waals surface area contributed by atoms with Gasteiger partial charge in [0.05, 0.1) is 10.6 Å². The van der Waals surface area contributed by atoms with Crippen LogP contribution in [0.1, 0.15) is 60.8 Å². The number of aryl methyl sites for hydroxylation is 2. The van der Waals surface area contributed by atoms with Crippen LogP contribution in [0.5, 0.6) is 0 Å². The quantitative estimate of drug-likeness (QED) is 0.891. The van der Waals surface area contributed by atoms with Gasteiger partial charge in [0.1, 0.15) is 4.83 Å². The molecule has 2 heterocycles. The van der Waals surface area contributed by atoms with Crippen molar-refractivity contribution in [1.29, 1.82) is 0 Å². The summed E-state index contributed by atoms with van der Waals surface area (Å²) >= 11 is 1.56. The molecule has 1 unspecified atom stereocenters. The smallest absolute Gasteiger partial charge is 0.261 e. The lowest BCUT2D eigenvalue weighted by atomic mass is 9.48. The van der Waals surface area contributed by atoms with Gasteiger partial charge in [0.2, 0.25) is 0 Å². The minimum absolute atomic E-state index is 0.101. The standard InChI is InChI=1S/C20H27N3OS/c1-11-16-7-17(25-19(16)23(3)22-11)18(24)21-12(2)20-8-13-4-14(9-20)6-15(5-13)10-20/h7,12-15H,4-6,8-10H2,1-3H3,(H,21,24). The maximum Gasteiger partial charge on any atom is 0.261 e. The summed E-state index contributed by atoms with van der Waals surface area (Å²) in [5.74, 6) is 2.86. The average Bonchev–Trinajstić information content (AvgIpc) is 3.08. The van der Waals surface area contributed by atoms with Crippen LogP contribution >= 0.6 is 11.3 Å². The number of thiophene rings is 1. The predicted molar refractivity (Wildman–Crippen MR) is 101 cm³/mol. The third-order valence-electron chi connectivity index (χ3n) is 7.27. The number of amides is 1. The fourth-order valence-electron chi connectivity index (χ4n) is 6.45. The van der Waals surface area contributed by atoms with Crippen molar-refractivity contribution in [3.63, 3.8) is 0 Å². The Bertz CT molecular complexity index is 779. The van der Waals surface area contributed by atoms with Crippen LogP contribution in [-0.4, -0.2) is 21.7 Å². The first-order valence-electron chi connectivity index (χ1n) is 9.67. The number of hydrogen-bond acceptors (Lipinski definition) is 3. The molecule has 1 N–H and O–H groups in total. The normalized spacial score (nSPS) is 34.6. The van der Waals surface area contributed by atoms with E-state index in [2.05, 4.69) is 17.3 Å². The van der Waals surface area contributed by atoms with Crippen LogP contribution in [0.25, 0.3) is 10.2 Å². The Morgan fingerprint density at radius 3 is 2.44 bits per heavy atom. The fraction of sp³-hybridized carbons (Fsp3) is 0.700. The molecule has 134 valence electrons. The van der Waals surface area contributed by atoms with Crippen LogP contribution in [-0.2, 0) is 7.05 Å². The number of hydrogen-bond donors (Lipinski definition) is 1. The molecule has 6 rings (SSSR count). The van der Waals surface area contributed by atoms with E-state index in [1.807, 2.05) is 24.7 Å². The zero-order valence-electron chi connectivity index (χ0n) is 15.3. The van der Waals surface area contributed by atoms with Gasteiger partial charge in [0.15, 0.2) is 0 Å². The molecular formula is C20H27N3OS. The molecule has 2 aromatic rings.